The highest BCUT2D eigenvalue weighted by molar-refractivity contribution is 7.73. The Morgan fingerprint density at radius 3 is 2.64 bits per heavy atom. The molecule has 0 radical (unpaired) electrons. The number of aryl methyl sites for hydroxylation is 1. The van der Waals surface area contributed by atoms with Gasteiger partial charge in [-0.2, -0.15) is 0 Å². The van der Waals surface area contributed by atoms with Crippen molar-refractivity contribution < 1.29 is 14.3 Å². The van der Waals surface area contributed by atoms with Crippen LogP contribution < -0.4 is 5.56 Å². The van der Waals surface area contributed by atoms with Crippen LogP contribution in [0.4, 0.5) is 0 Å². The Labute approximate surface area is 217 Å². The van der Waals surface area contributed by atoms with Crippen LogP contribution in [0.1, 0.15) is 25.3 Å². The van der Waals surface area contributed by atoms with Gasteiger partial charge in [-0.05, 0) is 56.6 Å². The standard InChI is InChI=1S/C27H27N3O4S2/c1-3-34-26(33)19-7-6-14-28(15-19)22(31)16-29-24-23(18-12-10-17(2)11-13-18)36-27(35)30(24)21-9-5-4-8-20(21)25(29)32/h4-5,8-13,19H,3,6-7,14-16H2,1-2H3. The third kappa shape index (κ3) is 4.37. The van der Waals surface area contributed by atoms with Gasteiger partial charge in [-0.15, -0.1) is 11.3 Å². The van der Waals surface area contributed by atoms with E-state index in [2.05, 4.69) is 0 Å². The summed E-state index contributed by atoms with van der Waals surface area (Å²) in [6.07, 6.45) is 1.41. The first-order chi connectivity index (χ1) is 17.4. The molecule has 1 unspecified atom stereocenters. The molecule has 3 heterocycles. The van der Waals surface area contributed by atoms with Crippen molar-refractivity contribution in [3.8, 4) is 10.4 Å². The molecular weight excluding hydrogens is 494 g/mol. The molecule has 7 nitrogen and oxygen atoms in total. The van der Waals surface area contributed by atoms with E-state index in [9.17, 15) is 14.4 Å². The highest BCUT2D eigenvalue weighted by Crippen LogP contribution is 2.33. The lowest BCUT2D eigenvalue weighted by Gasteiger charge is -2.31. The van der Waals surface area contributed by atoms with Crippen molar-refractivity contribution in [3.05, 3.63) is 68.4 Å². The SMILES string of the molecule is CCOC(=O)C1CCCN(C(=O)Cn2c(=O)c3ccccc3n3c(=S)sc(-c4ccc(C)cc4)c23)C1. The van der Waals surface area contributed by atoms with Gasteiger partial charge in [0.1, 0.15) is 12.2 Å². The van der Waals surface area contributed by atoms with Gasteiger partial charge in [0.05, 0.1) is 28.3 Å². The lowest BCUT2D eigenvalue weighted by atomic mass is 9.98. The molecule has 1 amide bonds. The first-order valence-corrected chi connectivity index (χ1v) is 13.3. The minimum atomic E-state index is -0.339. The average molecular weight is 522 g/mol. The molecule has 0 spiro atoms. The molecule has 2 aromatic carbocycles. The van der Waals surface area contributed by atoms with E-state index in [4.69, 9.17) is 17.0 Å². The molecule has 9 heteroatoms. The van der Waals surface area contributed by atoms with Crippen molar-refractivity contribution in [3.63, 3.8) is 0 Å². The van der Waals surface area contributed by atoms with Crippen LogP contribution in [-0.4, -0.2) is 45.4 Å². The molecule has 0 aliphatic carbocycles. The minimum Gasteiger partial charge on any atom is -0.466 e. The van der Waals surface area contributed by atoms with Gasteiger partial charge in [0, 0.05) is 13.1 Å². The van der Waals surface area contributed by atoms with Gasteiger partial charge in [-0.25, -0.2) is 0 Å². The summed E-state index contributed by atoms with van der Waals surface area (Å²) in [6, 6.07) is 15.4. The summed E-state index contributed by atoms with van der Waals surface area (Å²) in [6.45, 7) is 4.83. The maximum Gasteiger partial charge on any atom is 0.310 e. The van der Waals surface area contributed by atoms with E-state index in [0.717, 1.165) is 27.9 Å². The largest absolute Gasteiger partial charge is 0.466 e. The lowest BCUT2D eigenvalue weighted by molar-refractivity contribution is -0.151. The molecule has 0 bridgehead atoms. The highest BCUT2D eigenvalue weighted by atomic mass is 32.1. The Morgan fingerprint density at radius 2 is 1.89 bits per heavy atom. The predicted octanol–water partition coefficient (Wildman–Crippen LogP) is 4.82. The number of thiazole rings is 1. The van der Waals surface area contributed by atoms with Crippen LogP contribution in [0.15, 0.2) is 53.3 Å². The van der Waals surface area contributed by atoms with E-state index < -0.39 is 0 Å². The van der Waals surface area contributed by atoms with Gasteiger partial charge in [0.2, 0.25) is 5.91 Å². The van der Waals surface area contributed by atoms with E-state index in [-0.39, 0.29) is 29.9 Å². The van der Waals surface area contributed by atoms with Crippen LogP contribution in [0.5, 0.6) is 0 Å². The van der Waals surface area contributed by atoms with Crippen molar-refractivity contribution in [1.82, 2.24) is 13.9 Å². The zero-order valence-corrected chi connectivity index (χ0v) is 21.9. The fourth-order valence-electron chi connectivity index (χ4n) is 4.84. The number of esters is 1. The molecule has 0 N–H and O–H groups in total. The first kappa shape index (κ1) is 24.4. The summed E-state index contributed by atoms with van der Waals surface area (Å²) in [4.78, 5) is 42.1. The number of ether oxygens (including phenoxy) is 1. The van der Waals surface area contributed by atoms with Gasteiger partial charge in [-0.3, -0.25) is 23.4 Å². The molecule has 36 heavy (non-hydrogen) atoms. The van der Waals surface area contributed by atoms with Crippen LogP contribution in [0.25, 0.3) is 27.0 Å². The number of piperidine rings is 1. The number of likely N-dealkylation sites (tertiary alicyclic amines) is 1. The molecule has 1 fully saturated rings. The molecule has 5 rings (SSSR count). The number of carbonyl (C=O) groups is 2. The highest BCUT2D eigenvalue weighted by Gasteiger charge is 2.30. The number of fused-ring (bicyclic) bond motifs is 3. The Balaban J connectivity index is 1.63. The van der Waals surface area contributed by atoms with Crippen molar-refractivity contribution in [2.45, 2.75) is 33.2 Å². The van der Waals surface area contributed by atoms with E-state index >= 15 is 0 Å². The number of hydrogen-bond acceptors (Lipinski definition) is 6. The van der Waals surface area contributed by atoms with Crippen molar-refractivity contribution in [2.24, 2.45) is 5.92 Å². The second kappa shape index (κ2) is 9.99. The van der Waals surface area contributed by atoms with Crippen LogP contribution in [0.3, 0.4) is 0 Å². The van der Waals surface area contributed by atoms with E-state index in [0.29, 0.717) is 41.1 Å². The summed E-state index contributed by atoms with van der Waals surface area (Å²) in [5, 5.41) is 0.505. The van der Waals surface area contributed by atoms with Crippen molar-refractivity contribution in [1.29, 1.82) is 0 Å². The van der Waals surface area contributed by atoms with Crippen LogP contribution in [0, 0.1) is 16.8 Å². The van der Waals surface area contributed by atoms with Crippen LogP contribution in [0.2, 0.25) is 0 Å². The number of benzene rings is 2. The number of rotatable bonds is 5. The van der Waals surface area contributed by atoms with Gasteiger partial charge in [-0.1, -0.05) is 42.0 Å². The Hall–Kier alpha value is -3.30. The molecule has 1 aliphatic rings. The monoisotopic (exact) mass is 521 g/mol. The topological polar surface area (TPSA) is 73.0 Å². The van der Waals surface area contributed by atoms with Crippen molar-refractivity contribution in [2.75, 3.05) is 19.7 Å². The summed E-state index contributed by atoms with van der Waals surface area (Å²) in [5.41, 5.74) is 3.17. The normalized spacial score (nSPS) is 15.9. The molecule has 186 valence electrons. The number of para-hydroxylation sites is 1. The molecule has 2 aromatic heterocycles. The van der Waals surface area contributed by atoms with Crippen molar-refractivity contribution >= 4 is 52.0 Å². The summed E-state index contributed by atoms with van der Waals surface area (Å²) in [5.74, 6) is -0.810. The van der Waals surface area contributed by atoms with Crippen LogP contribution >= 0.6 is 23.6 Å². The Bertz CT molecular complexity index is 1580. The third-order valence-corrected chi connectivity index (χ3v) is 8.08. The summed E-state index contributed by atoms with van der Waals surface area (Å²) < 4.78 is 9.23. The summed E-state index contributed by atoms with van der Waals surface area (Å²) in [7, 11) is 0. The maximum absolute atomic E-state index is 13.7. The molecule has 1 aliphatic heterocycles. The number of amides is 1. The smallest absolute Gasteiger partial charge is 0.310 e. The molecule has 1 saturated heterocycles. The molecular formula is C27H27N3O4S2. The predicted molar refractivity (Wildman–Crippen MR) is 144 cm³/mol. The van der Waals surface area contributed by atoms with Gasteiger partial charge >= 0.3 is 5.97 Å². The number of carbonyl (C=O) groups excluding carboxylic acids is 2. The third-order valence-electron chi connectivity index (χ3n) is 6.66. The van der Waals surface area contributed by atoms with E-state index in [1.165, 1.54) is 11.3 Å². The molecule has 0 saturated carbocycles. The lowest BCUT2D eigenvalue weighted by Crippen LogP contribution is -2.45. The Morgan fingerprint density at radius 1 is 1.14 bits per heavy atom. The Kier molecular flexibility index (Phi) is 6.77. The fraction of sp³-hybridized carbons (Fsp3) is 0.333. The van der Waals surface area contributed by atoms with E-state index in [1.807, 2.05) is 53.8 Å². The fourth-order valence-corrected chi connectivity index (χ4v) is 6.28. The maximum atomic E-state index is 13.7. The molecule has 1 atom stereocenters. The second-order valence-corrected chi connectivity index (χ2v) is 10.7. The number of aromatic nitrogens is 2. The van der Waals surface area contributed by atoms with Crippen LogP contribution in [-0.2, 0) is 20.9 Å². The second-order valence-electron chi connectivity index (χ2n) is 9.06. The average Bonchev–Trinajstić information content (AvgIpc) is 3.24. The summed E-state index contributed by atoms with van der Waals surface area (Å²) >= 11 is 7.19. The van der Waals surface area contributed by atoms with Gasteiger partial charge < -0.3 is 9.64 Å². The first-order valence-electron chi connectivity index (χ1n) is 12.1. The van der Waals surface area contributed by atoms with Gasteiger partial charge in [0.25, 0.3) is 5.56 Å². The molecule has 4 aromatic rings. The minimum absolute atomic E-state index is 0.132. The number of hydrogen-bond donors (Lipinski definition) is 0. The zero-order chi connectivity index (χ0) is 25.4. The quantitative estimate of drug-likeness (QED) is 0.278. The van der Waals surface area contributed by atoms with Gasteiger partial charge in [0.15, 0.2) is 3.95 Å². The zero-order valence-electron chi connectivity index (χ0n) is 20.2. The van der Waals surface area contributed by atoms with E-state index in [1.54, 1.807) is 22.5 Å². The number of nitrogens with zero attached hydrogens (tertiary/aromatic N) is 3.